The summed E-state index contributed by atoms with van der Waals surface area (Å²) in [5.74, 6) is 1.06. The lowest BCUT2D eigenvalue weighted by Crippen LogP contribution is -2.58. The number of rotatable bonds is 0. The summed E-state index contributed by atoms with van der Waals surface area (Å²) in [5.41, 5.74) is 0. The first-order valence-electron chi connectivity index (χ1n) is 4.79. The van der Waals surface area contributed by atoms with E-state index in [2.05, 4.69) is 17.3 Å². The second-order valence-electron chi connectivity index (χ2n) is 4.36. The van der Waals surface area contributed by atoms with Gasteiger partial charge in [0.15, 0.2) is 0 Å². The summed E-state index contributed by atoms with van der Waals surface area (Å²) in [6.45, 7) is 0. The number of nitrogens with zero attached hydrogens (tertiary/aromatic N) is 1. The Bertz CT molecular complexity index is 239. The molecule has 1 aliphatic carbocycles. The summed E-state index contributed by atoms with van der Waals surface area (Å²) in [5, 5.41) is 3.12. The van der Waals surface area contributed by atoms with Crippen molar-refractivity contribution in [2.75, 3.05) is 7.05 Å². The minimum atomic E-state index is 0.191. The van der Waals surface area contributed by atoms with Crippen LogP contribution in [-0.4, -0.2) is 36.0 Å². The Morgan fingerprint density at radius 3 is 3.17 bits per heavy atom. The molecule has 1 amide bonds. The lowest BCUT2D eigenvalue weighted by molar-refractivity contribution is -0.129. The van der Waals surface area contributed by atoms with Crippen molar-refractivity contribution in [3.63, 3.8) is 0 Å². The van der Waals surface area contributed by atoms with Crippen LogP contribution in [0.4, 0.5) is 0 Å². The van der Waals surface area contributed by atoms with Crippen molar-refractivity contribution < 1.29 is 4.79 Å². The van der Waals surface area contributed by atoms with Crippen molar-refractivity contribution in [3.05, 3.63) is 0 Å². The first-order valence-corrected chi connectivity index (χ1v) is 4.79. The van der Waals surface area contributed by atoms with Gasteiger partial charge >= 0.3 is 0 Å². The third-order valence-corrected chi connectivity index (χ3v) is 3.86. The summed E-state index contributed by atoms with van der Waals surface area (Å²) in [7, 11) is 2.10. The smallest absolute Gasteiger partial charge is 0.237 e. The van der Waals surface area contributed by atoms with Gasteiger partial charge in [-0.05, 0) is 32.2 Å². The average Bonchev–Trinajstić information content (AvgIpc) is 2.48. The van der Waals surface area contributed by atoms with Crippen molar-refractivity contribution in [1.29, 1.82) is 0 Å². The number of piperazine rings is 1. The predicted molar refractivity (Wildman–Crippen MR) is 44.6 cm³/mol. The van der Waals surface area contributed by atoms with Crippen LogP contribution in [0.3, 0.4) is 0 Å². The topological polar surface area (TPSA) is 32.3 Å². The van der Waals surface area contributed by atoms with Gasteiger partial charge in [-0.25, -0.2) is 0 Å². The fourth-order valence-electron chi connectivity index (χ4n) is 3.33. The van der Waals surface area contributed by atoms with Gasteiger partial charge in [0, 0.05) is 12.1 Å². The van der Waals surface area contributed by atoms with Crippen LogP contribution in [0.5, 0.6) is 0 Å². The number of carbonyl (C=O) groups excluding carboxylic acids is 1. The van der Waals surface area contributed by atoms with Gasteiger partial charge < -0.3 is 5.32 Å². The fraction of sp³-hybridized carbons (Fsp3) is 0.889. The van der Waals surface area contributed by atoms with Crippen LogP contribution in [0.15, 0.2) is 0 Å². The zero-order chi connectivity index (χ0) is 8.29. The molecule has 0 aromatic rings. The van der Waals surface area contributed by atoms with E-state index in [-0.39, 0.29) is 11.9 Å². The molecule has 2 heterocycles. The molecule has 0 aromatic carbocycles. The van der Waals surface area contributed by atoms with Crippen LogP contribution < -0.4 is 5.32 Å². The Balaban J connectivity index is 2.01. The summed E-state index contributed by atoms with van der Waals surface area (Å²) in [4.78, 5) is 13.8. The van der Waals surface area contributed by atoms with Gasteiger partial charge in [0.25, 0.3) is 0 Å². The van der Waals surface area contributed by atoms with Crippen molar-refractivity contribution in [1.82, 2.24) is 10.2 Å². The van der Waals surface area contributed by atoms with E-state index in [4.69, 9.17) is 0 Å². The molecular weight excluding hydrogens is 152 g/mol. The molecule has 3 rings (SSSR count). The molecule has 2 aliphatic heterocycles. The first kappa shape index (κ1) is 6.89. The van der Waals surface area contributed by atoms with Crippen LogP contribution in [0.2, 0.25) is 0 Å². The second kappa shape index (κ2) is 2.02. The molecule has 12 heavy (non-hydrogen) atoms. The maximum Gasteiger partial charge on any atom is 0.237 e. The second-order valence-corrected chi connectivity index (χ2v) is 4.36. The SMILES string of the molecule is CN1C2CC3CCC(NC2=O)C31. The van der Waals surface area contributed by atoms with E-state index in [0.29, 0.717) is 12.1 Å². The molecule has 3 fully saturated rings. The number of amides is 1. The van der Waals surface area contributed by atoms with Crippen LogP contribution in [0.25, 0.3) is 0 Å². The van der Waals surface area contributed by atoms with Gasteiger partial charge in [0.05, 0.1) is 6.04 Å². The zero-order valence-electron chi connectivity index (χ0n) is 7.29. The molecule has 4 unspecified atom stereocenters. The summed E-state index contributed by atoms with van der Waals surface area (Å²) in [6, 6.07) is 1.32. The van der Waals surface area contributed by atoms with Crippen molar-refractivity contribution >= 4 is 5.91 Å². The molecule has 1 N–H and O–H groups in total. The number of hydrogen-bond donors (Lipinski definition) is 1. The van der Waals surface area contributed by atoms with E-state index >= 15 is 0 Å². The molecule has 1 saturated carbocycles. The van der Waals surface area contributed by atoms with E-state index in [0.717, 1.165) is 12.3 Å². The molecule has 0 aromatic heterocycles. The maximum absolute atomic E-state index is 11.5. The molecule has 2 saturated heterocycles. The van der Waals surface area contributed by atoms with Crippen LogP contribution in [0, 0.1) is 5.92 Å². The highest BCUT2D eigenvalue weighted by Crippen LogP contribution is 2.43. The Morgan fingerprint density at radius 1 is 1.50 bits per heavy atom. The number of fused-ring (bicyclic) bond motifs is 1. The van der Waals surface area contributed by atoms with E-state index in [1.807, 2.05) is 0 Å². The van der Waals surface area contributed by atoms with Gasteiger partial charge in [-0.15, -0.1) is 0 Å². The van der Waals surface area contributed by atoms with Crippen molar-refractivity contribution in [2.24, 2.45) is 5.92 Å². The quantitative estimate of drug-likeness (QED) is 0.548. The molecular formula is C9H14N2O. The normalized spacial score (nSPS) is 51.2. The molecule has 4 atom stereocenters. The van der Waals surface area contributed by atoms with Crippen molar-refractivity contribution in [2.45, 2.75) is 37.4 Å². The maximum atomic E-state index is 11.5. The van der Waals surface area contributed by atoms with Gasteiger partial charge in [-0.2, -0.15) is 0 Å². The molecule has 66 valence electrons. The Kier molecular flexibility index (Phi) is 1.16. The summed E-state index contributed by atoms with van der Waals surface area (Å²) in [6.07, 6.45) is 3.61. The highest BCUT2D eigenvalue weighted by Gasteiger charge is 2.53. The van der Waals surface area contributed by atoms with Gasteiger partial charge in [-0.1, -0.05) is 0 Å². The van der Waals surface area contributed by atoms with Gasteiger partial charge in [0.1, 0.15) is 0 Å². The number of carbonyl (C=O) groups is 1. The molecule has 3 nitrogen and oxygen atoms in total. The number of likely N-dealkylation sites (N-methyl/N-ethyl adjacent to an activating group) is 1. The molecule has 2 bridgehead atoms. The predicted octanol–water partition coefficient (Wildman–Crippen LogP) is -0.0325. The standard InChI is InChI=1S/C9H14N2O/c1-11-7-4-5-2-3-6(8(5)11)10-9(7)12/h5-8H,2-4H2,1H3,(H,10,12). The van der Waals surface area contributed by atoms with Crippen LogP contribution in [-0.2, 0) is 4.79 Å². The van der Waals surface area contributed by atoms with Crippen LogP contribution in [0.1, 0.15) is 19.3 Å². The zero-order valence-corrected chi connectivity index (χ0v) is 7.29. The van der Waals surface area contributed by atoms with E-state index in [1.54, 1.807) is 0 Å². The van der Waals surface area contributed by atoms with Gasteiger partial charge in [0.2, 0.25) is 5.91 Å². The minimum Gasteiger partial charge on any atom is -0.350 e. The molecule has 0 spiro atoms. The highest BCUT2D eigenvalue weighted by molar-refractivity contribution is 5.84. The number of hydrogen-bond acceptors (Lipinski definition) is 2. The number of nitrogens with one attached hydrogen (secondary N) is 1. The summed E-state index contributed by atoms with van der Waals surface area (Å²) >= 11 is 0. The van der Waals surface area contributed by atoms with Gasteiger partial charge in [-0.3, -0.25) is 9.69 Å². The largest absolute Gasteiger partial charge is 0.350 e. The molecule has 3 aliphatic rings. The Morgan fingerprint density at radius 2 is 2.33 bits per heavy atom. The highest BCUT2D eigenvalue weighted by atomic mass is 16.2. The lowest BCUT2D eigenvalue weighted by Gasteiger charge is -2.35. The minimum absolute atomic E-state index is 0.191. The third kappa shape index (κ3) is 0.637. The van der Waals surface area contributed by atoms with E-state index < -0.39 is 0 Å². The lowest BCUT2D eigenvalue weighted by atomic mass is 10.0. The average molecular weight is 166 g/mol. The van der Waals surface area contributed by atoms with Crippen LogP contribution >= 0.6 is 0 Å². The molecule has 3 heteroatoms. The Hall–Kier alpha value is -0.570. The fourth-order valence-corrected chi connectivity index (χ4v) is 3.33. The third-order valence-electron chi connectivity index (χ3n) is 3.86. The Labute approximate surface area is 72.1 Å². The van der Waals surface area contributed by atoms with Crippen molar-refractivity contribution in [3.8, 4) is 0 Å². The molecule has 0 radical (unpaired) electrons. The summed E-state index contributed by atoms with van der Waals surface area (Å²) < 4.78 is 0. The van der Waals surface area contributed by atoms with E-state index in [1.165, 1.54) is 12.8 Å². The first-order chi connectivity index (χ1) is 5.77. The van der Waals surface area contributed by atoms with E-state index in [9.17, 15) is 4.79 Å². The monoisotopic (exact) mass is 166 g/mol.